The normalized spacial score (nSPS) is 17.0. The number of nitrogens with zero attached hydrogens (tertiary/aromatic N) is 4. The van der Waals surface area contributed by atoms with E-state index >= 15 is 0 Å². The summed E-state index contributed by atoms with van der Waals surface area (Å²) in [6, 6.07) is 4.98. The molecule has 1 amide bonds. The zero-order valence-corrected chi connectivity index (χ0v) is 12.4. The fraction of sp³-hybridized carbons (Fsp3) is 0.333. The lowest BCUT2D eigenvalue weighted by molar-refractivity contribution is -0.149. The first-order valence-corrected chi connectivity index (χ1v) is 6.98. The minimum atomic E-state index is -0.503. The Bertz CT molecular complexity index is 712. The fourth-order valence-corrected chi connectivity index (χ4v) is 2.50. The van der Waals surface area contributed by atoms with Crippen molar-refractivity contribution in [3.8, 4) is 5.69 Å². The average molecular weight is 300 g/mol. The van der Waals surface area contributed by atoms with Gasteiger partial charge < -0.3 is 9.64 Å². The molecule has 1 fully saturated rings. The Morgan fingerprint density at radius 2 is 2.00 bits per heavy atom. The van der Waals surface area contributed by atoms with Crippen molar-refractivity contribution < 1.29 is 14.3 Å². The van der Waals surface area contributed by atoms with E-state index in [-0.39, 0.29) is 11.9 Å². The Morgan fingerprint density at radius 1 is 1.27 bits per heavy atom. The van der Waals surface area contributed by atoms with Crippen LogP contribution in [0.15, 0.2) is 30.6 Å². The van der Waals surface area contributed by atoms with Gasteiger partial charge in [0.1, 0.15) is 6.04 Å². The summed E-state index contributed by atoms with van der Waals surface area (Å²) in [5.41, 5.74) is 2.02. The summed E-state index contributed by atoms with van der Waals surface area (Å²) in [5, 5.41) is 8.15. The molecule has 0 spiro atoms. The molecule has 22 heavy (non-hydrogen) atoms. The largest absolute Gasteiger partial charge is 0.467 e. The van der Waals surface area contributed by atoms with E-state index in [1.807, 2.05) is 13.0 Å². The molecule has 2 heterocycles. The molecular weight excluding hydrogens is 284 g/mol. The molecule has 0 aliphatic carbocycles. The van der Waals surface area contributed by atoms with E-state index < -0.39 is 6.04 Å². The molecule has 1 atom stereocenters. The van der Waals surface area contributed by atoms with E-state index in [9.17, 15) is 9.59 Å². The van der Waals surface area contributed by atoms with Crippen LogP contribution in [0.1, 0.15) is 22.3 Å². The Morgan fingerprint density at radius 3 is 2.59 bits per heavy atom. The first-order chi connectivity index (χ1) is 10.6. The summed E-state index contributed by atoms with van der Waals surface area (Å²) in [6.45, 7) is 2.45. The number of benzene rings is 1. The van der Waals surface area contributed by atoms with Crippen LogP contribution in [0.25, 0.3) is 5.69 Å². The van der Waals surface area contributed by atoms with Gasteiger partial charge in [0.2, 0.25) is 0 Å². The van der Waals surface area contributed by atoms with Gasteiger partial charge in [0.05, 0.1) is 30.8 Å². The molecule has 1 aromatic carbocycles. The first kappa shape index (κ1) is 14.2. The van der Waals surface area contributed by atoms with Crippen LogP contribution in [0.4, 0.5) is 0 Å². The zero-order chi connectivity index (χ0) is 15.7. The third-order valence-corrected chi connectivity index (χ3v) is 3.77. The quantitative estimate of drug-likeness (QED) is 0.789. The highest BCUT2D eigenvalue weighted by Gasteiger charge is 2.39. The number of carbonyl (C=O) groups excluding carboxylic acids is 2. The molecular formula is C15H16N4O3. The van der Waals surface area contributed by atoms with Gasteiger partial charge in [0, 0.05) is 6.54 Å². The zero-order valence-electron chi connectivity index (χ0n) is 12.4. The second-order valence-corrected chi connectivity index (χ2v) is 5.17. The lowest BCUT2D eigenvalue weighted by atomic mass is 10.00. The number of aryl methyl sites for hydroxylation is 1. The van der Waals surface area contributed by atoms with E-state index in [0.29, 0.717) is 24.2 Å². The van der Waals surface area contributed by atoms with Gasteiger partial charge >= 0.3 is 5.97 Å². The molecule has 0 bridgehead atoms. The third-order valence-electron chi connectivity index (χ3n) is 3.77. The van der Waals surface area contributed by atoms with Crippen molar-refractivity contribution in [3.05, 3.63) is 41.7 Å². The van der Waals surface area contributed by atoms with Gasteiger partial charge in [-0.2, -0.15) is 15.0 Å². The lowest BCUT2D eigenvalue weighted by Gasteiger charge is -2.39. The summed E-state index contributed by atoms with van der Waals surface area (Å²) in [5.74, 6) is -0.594. The average Bonchev–Trinajstić information content (AvgIpc) is 2.99. The predicted octanol–water partition coefficient (Wildman–Crippen LogP) is 0.963. The molecule has 7 heteroatoms. The Hall–Kier alpha value is -2.70. The fourth-order valence-electron chi connectivity index (χ4n) is 2.50. The Kier molecular flexibility index (Phi) is 3.62. The summed E-state index contributed by atoms with van der Waals surface area (Å²) in [7, 11) is 1.33. The highest BCUT2D eigenvalue weighted by molar-refractivity contribution is 6.00. The maximum absolute atomic E-state index is 12.8. The number of carbonyl (C=O) groups is 2. The number of hydrogen-bond acceptors (Lipinski definition) is 5. The predicted molar refractivity (Wildman–Crippen MR) is 77.6 cm³/mol. The molecule has 0 unspecified atom stereocenters. The van der Waals surface area contributed by atoms with E-state index in [4.69, 9.17) is 4.74 Å². The summed E-state index contributed by atoms with van der Waals surface area (Å²) in [4.78, 5) is 27.4. The molecule has 2 aromatic rings. The summed E-state index contributed by atoms with van der Waals surface area (Å²) in [6.07, 6.45) is 3.73. The van der Waals surface area contributed by atoms with E-state index in [2.05, 4.69) is 10.2 Å². The van der Waals surface area contributed by atoms with Crippen LogP contribution in [0, 0.1) is 6.92 Å². The highest BCUT2D eigenvalue weighted by Crippen LogP contribution is 2.25. The van der Waals surface area contributed by atoms with Gasteiger partial charge in [0.25, 0.3) is 5.91 Å². The van der Waals surface area contributed by atoms with Crippen LogP contribution in [0.5, 0.6) is 0 Å². The Labute approximate surface area is 127 Å². The number of aromatic nitrogens is 3. The summed E-state index contributed by atoms with van der Waals surface area (Å²) >= 11 is 0. The monoisotopic (exact) mass is 300 g/mol. The molecule has 7 nitrogen and oxygen atoms in total. The molecule has 0 radical (unpaired) electrons. The minimum Gasteiger partial charge on any atom is -0.467 e. The maximum Gasteiger partial charge on any atom is 0.328 e. The molecule has 1 aliphatic heterocycles. The second-order valence-electron chi connectivity index (χ2n) is 5.17. The van der Waals surface area contributed by atoms with Crippen LogP contribution in [-0.4, -0.2) is 51.5 Å². The maximum atomic E-state index is 12.8. The first-order valence-electron chi connectivity index (χ1n) is 6.98. The van der Waals surface area contributed by atoms with Crippen molar-refractivity contribution in [3.63, 3.8) is 0 Å². The lowest BCUT2D eigenvalue weighted by Crippen LogP contribution is -2.55. The number of esters is 1. The number of hydrogen-bond donors (Lipinski definition) is 0. The van der Waals surface area contributed by atoms with Gasteiger partial charge in [-0.05, 0) is 25.5 Å². The molecule has 3 rings (SSSR count). The van der Waals surface area contributed by atoms with Crippen molar-refractivity contribution >= 4 is 11.9 Å². The molecule has 0 saturated carbocycles. The third kappa shape index (κ3) is 2.34. The van der Waals surface area contributed by atoms with E-state index in [1.165, 1.54) is 16.8 Å². The van der Waals surface area contributed by atoms with Crippen LogP contribution in [0.3, 0.4) is 0 Å². The minimum absolute atomic E-state index is 0.211. The number of likely N-dealkylation sites (tertiary alicyclic amines) is 1. The standard InChI is InChI=1S/C15H16N4O3/c1-10-3-4-12(19-16-6-7-17-19)11(9-10)14(20)18-8-5-13(18)15(21)22-2/h3-4,6-7,9,13H,5,8H2,1-2H3/t13-/m0/s1. The van der Waals surface area contributed by atoms with E-state index in [1.54, 1.807) is 24.5 Å². The Balaban J connectivity index is 1.96. The van der Waals surface area contributed by atoms with Crippen LogP contribution >= 0.6 is 0 Å². The van der Waals surface area contributed by atoms with Gasteiger partial charge in [-0.15, -0.1) is 0 Å². The second kappa shape index (κ2) is 5.59. The molecule has 1 aliphatic rings. The molecule has 1 saturated heterocycles. The van der Waals surface area contributed by atoms with Crippen molar-refractivity contribution in [2.45, 2.75) is 19.4 Å². The van der Waals surface area contributed by atoms with Gasteiger partial charge in [-0.3, -0.25) is 4.79 Å². The molecule has 0 N–H and O–H groups in total. The smallest absolute Gasteiger partial charge is 0.328 e. The van der Waals surface area contributed by atoms with Crippen molar-refractivity contribution in [1.82, 2.24) is 19.9 Å². The topological polar surface area (TPSA) is 77.3 Å². The number of rotatable bonds is 3. The molecule has 114 valence electrons. The van der Waals surface area contributed by atoms with Gasteiger partial charge in [-0.1, -0.05) is 11.6 Å². The summed E-state index contributed by atoms with van der Waals surface area (Å²) < 4.78 is 4.73. The number of amides is 1. The van der Waals surface area contributed by atoms with E-state index in [0.717, 1.165) is 5.56 Å². The van der Waals surface area contributed by atoms with Crippen molar-refractivity contribution in [2.24, 2.45) is 0 Å². The SMILES string of the molecule is COC(=O)[C@@H]1CCN1C(=O)c1cc(C)ccc1-n1nccn1. The number of methoxy groups -OCH3 is 1. The molecule has 1 aromatic heterocycles. The van der Waals surface area contributed by atoms with Gasteiger partial charge in [-0.25, -0.2) is 4.79 Å². The van der Waals surface area contributed by atoms with Gasteiger partial charge in [0.15, 0.2) is 0 Å². The van der Waals surface area contributed by atoms with Crippen molar-refractivity contribution in [2.75, 3.05) is 13.7 Å². The highest BCUT2D eigenvalue weighted by atomic mass is 16.5. The van der Waals surface area contributed by atoms with Crippen molar-refractivity contribution in [1.29, 1.82) is 0 Å². The number of ether oxygens (including phenoxy) is 1. The van der Waals surface area contributed by atoms with Crippen LogP contribution in [0.2, 0.25) is 0 Å². The van der Waals surface area contributed by atoms with Crippen LogP contribution < -0.4 is 0 Å². The van der Waals surface area contributed by atoms with Crippen LogP contribution in [-0.2, 0) is 9.53 Å².